The third kappa shape index (κ3) is 2.19. The number of rotatable bonds is 2. The number of hydrogen-bond acceptors (Lipinski definition) is 2. The van der Waals surface area contributed by atoms with Gasteiger partial charge < -0.3 is 4.74 Å². The van der Waals surface area contributed by atoms with Gasteiger partial charge in [-0.2, -0.15) is 13.2 Å². The lowest BCUT2D eigenvalue weighted by Crippen LogP contribution is -2.57. The third-order valence-corrected chi connectivity index (χ3v) is 4.50. The Morgan fingerprint density at radius 2 is 1.71 bits per heavy atom. The number of piperidine rings is 1. The zero-order valence-corrected chi connectivity index (χ0v) is 10.4. The number of ether oxygens (including phenoxy) is 1. The molecule has 0 radical (unpaired) electrons. The van der Waals surface area contributed by atoms with Gasteiger partial charge in [0.15, 0.2) is 0 Å². The maximum Gasteiger partial charge on any atom is 0.394 e. The minimum absolute atomic E-state index is 0.227. The van der Waals surface area contributed by atoms with Gasteiger partial charge in [-0.15, -0.1) is 0 Å². The molecule has 0 unspecified atom stereocenters. The van der Waals surface area contributed by atoms with Crippen LogP contribution >= 0.6 is 0 Å². The van der Waals surface area contributed by atoms with Gasteiger partial charge in [0.25, 0.3) is 0 Å². The summed E-state index contributed by atoms with van der Waals surface area (Å²) < 4.78 is 44.8. The van der Waals surface area contributed by atoms with Crippen molar-refractivity contribution in [2.24, 2.45) is 11.3 Å². The van der Waals surface area contributed by atoms with Crippen LogP contribution in [-0.2, 0) is 4.74 Å². The lowest BCUT2D eigenvalue weighted by Gasteiger charge is -2.48. The molecule has 100 valence electrons. The lowest BCUT2D eigenvalue weighted by atomic mass is 9.69. The molecule has 0 aromatic heterocycles. The van der Waals surface area contributed by atoms with Gasteiger partial charge in [-0.25, -0.2) is 0 Å². The smallest absolute Gasteiger partial charge is 0.378 e. The fraction of sp³-hybridized carbons (Fsp3) is 1.00. The Morgan fingerprint density at radius 3 is 2.00 bits per heavy atom. The Bertz CT molecular complexity index is 265. The van der Waals surface area contributed by atoms with E-state index < -0.39 is 11.6 Å². The van der Waals surface area contributed by atoms with Crippen molar-refractivity contribution in [3.63, 3.8) is 0 Å². The van der Waals surface area contributed by atoms with E-state index in [9.17, 15) is 13.2 Å². The molecular formula is C12H20F3NO. The van der Waals surface area contributed by atoms with Gasteiger partial charge in [0.05, 0.1) is 24.7 Å². The average molecular weight is 251 g/mol. The van der Waals surface area contributed by atoms with Crippen LogP contribution in [0.15, 0.2) is 0 Å². The van der Waals surface area contributed by atoms with Gasteiger partial charge in [0.2, 0.25) is 0 Å². The first-order valence-electron chi connectivity index (χ1n) is 6.25. The highest BCUT2D eigenvalue weighted by Gasteiger charge is 2.57. The van der Waals surface area contributed by atoms with Crippen LogP contribution in [0.5, 0.6) is 0 Å². The number of alkyl halides is 3. The molecule has 2 heterocycles. The Balaban J connectivity index is 2.02. The summed E-state index contributed by atoms with van der Waals surface area (Å²) in [6.07, 6.45) is -3.63. The largest absolute Gasteiger partial charge is 0.394 e. The monoisotopic (exact) mass is 251 g/mol. The zero-order chi connectivity index (χ0) is 12.7. The Hall–Kier alpha value is -0.290. The number of nitrogens with zero attached hydrogens (tertiary/aromatic N) is 1. The Morgan fingerprint density at radius 1 is 1.18 bits per heavy atom. The molecule has 2 saturated heterocycles. The first-order valence-corrected chi connectivity index (χ1v) is 6.25. The second kappa shape index (κ2) is 4.43. The second-order valence-electron chi connectivity index (χ2n) is 5.54. The summed E-state index contributed by atoms with van der Waals surface area (Å²) in [5, 5.41) is 0. The maximum atomic E-state index is 13.2. The van der Waals surface area contributed by atoms with Crippen molar-refractivity contribution in [3.05, 3.63) is 0 Å². The third-order valence-electron chi connectivity index (χ3n) is 4.50. The molecule has 0 saturated carbocycles. The highest BCUT2D eigenvalue weighted by molar-refractivity contribution is 4.95. The van der Waals surface area contributed by atoms with E-state index in [0.717, 1.165) is 0 Å². The fourth-order valence-electron chi connectivity index (χ4n) is 2.91. The van der Waals surface area contributed by atoms with Crippen LogP contribution in [0.2, 0.25) is 0 Å². The van der Waals surface area contributed by atoms with Crippen molar-refractivity contribution in [2.75, 3.05) is 26.3 Å². The minimum atomic E-state index is -4.08. The van der Waals surface area contributed by atoms with Crippen LogP contribution in [0.25, 0.3) is 0 Å². The van der Waals surface area contributed by atoms with Gasteiger partial charge in [0, 0.05) is 0 Å². The van der Waals surface area contributed by atoms with E-state index in [1.165, 1.54) is 0 Å². The first kappa shape index (κ1) is 13.1. The van der Waals surface area contributed by atoms with Gasteiger partial charge in [0.1, 0.15) is 0 Å². The molecular weight excluding hydrogens is 231 g/mol. The van der Waals surface area contributed by atoms with Gasteiger partial charge in [-0.05, 0) is 31.8 Å². The standard InChI is InChI=1S/C12H20F3NO/c1-9(2)11(12(13,14)15)3-5-16(6-4-11)10-7-17-8-10/h9-10H,3-8H2,1-2H3. The van der Waals surface area contributed by atoms with Gasteiger partial charge in [-0.1, -0.05) is 13.8 Å². The zero-order valence-electron chi connectivity index (χ0n) is 10.4. The molecule has 2 fully saturated rings. The van der Waals surface area contributed by atoms with Crippen molar-refractivity contribution in [1.29, 1.82) is 0 Å². The van der Waals surface area contributed by atoms with Gasteiger partial charge >= 0.3 is 6.18 Å². The van der Waals surface area contributed by atoms with Crippen LogP contribution < -0.4 is 0 Å². The van der Waals surface area contributed by atoms with Crippen molar-refractivity contribution in [2.45, 2.75) is 38.9 Å². The Kier molecular flexibility index (Phi) is 3.42. The first-order chi connectivity index (χ1) is 7.87. The topological polar surface area (TPSA) is 12.5 Å². The van der Waals surface area contributed by atoms with Crippen molar-refractivity contribution in [3.8, 4) is 0 Å². The summed E-state index contributed by atoms with van der Waals surface area (Å²) in [5.41, 5.74) is -1.48. The van der Waals surface area contributed by atoms with Gasteiger partial charge in [-0.3, -0.25) is 4.90 Å². The number of halogens is 3. The second-order valence-corrected chi connectivity index (χ2v) is 5.54. The van der Waals surface area contributed by atoms with Crippen molar-refractivity contribution < 1.29 is 17.9 Å². The Labute approximate surface area is 100 Å². The predicted molar refractivity (Wildman–Crippen MR) is 58.7 cm³/mol. The minimum Gasteiger partial charge on any atom is -0.378 e. The van der Waals surface area contributed by atoms with Crippen LogP contribution in [-0.4, -0.2) is 43.4 Å². The normalized spacial score (nSPS) is 27.2. The molecule has 0 aliphatic carbocycles. The van der Waals surface area contributed by atoms with E-state index >= 15 is 0 Å². The molecule has 2 rings (SSSR count). The summed E-state index contributed by atoms with van der Waals surface area (Å²) >= 11 is 0. The SMILES string of the molecule is CC(C)C1(C(F)(F)F)CCN(C2COC2)CC1. The van der Waals surface area contributed by atoms with E-state index in [1.807, 2.05) is 0 Å². The summed E-state index contributed by atoms with van der Waals surface area (Å²) in [4.78, 5) is 2.15. The summed E-state index contributed by atoms with van der Waals surface area (Å²) in [7, 11) is 0. The molecule has 17 heavy (non-hydrogen) atoms. The van der Waals surface area contributed by atoms with E-state index in [2.05, 4.69) is 4.90 Å². The predicted octanol–water partition coefficient (Wildman–Crippen LogP) is 2.69. The molecule has 0 bridgehead atoms. The molecule has 0 aromatic rings. The van der Waals surface area contributed by atoms with Crippen LogP contribution in [0.4, 0.5) is 13.2 Å². The van der Waals surface area contributed by atoms with E-state index in [-0.39, 0.29) is 18.8 Å². The van der Waals surface area contributed by atoms with Crippen LogP contribution in [0.1, 0.15) is 26.7 Å². The lowest BCUT2D eigenvalue weighted by molar-refractivity contribution is -0.257. The molecule has 5 heteroatoms. The van der Waals surface area contributed by atoms with Crippen LogP contribution in [0, 0.1) is 11.3 Å². The highest BCUT2D eigenvalue weighted by Crippen LogP contribution is 2.51. The fourth-order valence-corrected chi connectivity index (χ4v) is 2.91. The van der Waals surface area contributed by atoms with Crippen molar-refractivity contribution in [1.82, 2.24) is 4.90 Å². The molecule has 0 N–H and O–H groups in total. The highest BCUT2D eigenvalue weighted by atomic mass is 19.4. The summed E-state index contributed by atoms with van der Waals surface area (Å²) in [5.74, 6) is -0.345. The van der Waals surface area contributed by atoms with E-state index in [1.54, 1.807) is 13.8 Å². The molecule has 0 spiro atoms. The van der Waals surface area contributed by atoms with Crippen molar-refractivity contribution >= 4 is 0 Å². The molecule has 2 nitrogen and oxygen atoms in total. The molecule has 2 aliphatic rings. The van der Waals surface area contributed by atoms with E-state index in [4.69, 9.17) is 4.74 Å². The molecule has 0 atom stereocenters. The van der Waals surface area contributed by atoms with Crippen LogP contribution in [0.3, 0.4) is 0 Å². The average Bonchev–Trinajstić information content (AvgIpc) is 2.14. The number of hydrogen-bond donors (Lipinski definition) is 0. The summed E-state index contributed by atoms with van der Waals surface area (Å²) in [6, 6.07) is 0.355. The van der Waals surface area contributed by atoms with E-state index in [0.29, 0.717) is 32.3 Å². The molecule has 0 amide bonds. The summed E-state index contributed by atoms with van der Waals surface area (Å²) in [6.45, 7) is 5.84. The molecule has 0 aromatic carbocycles. The maximum absolute atomic E-state index is 13.2. The number of likely N-dealkylation sites (tertiary alicyclic amines) is 1. The quantitative estimate of drug-likeness (QED) is 0.748. The molecule has 2 aliphatic heterocycles.